The number of anilines is 3. The molecule has 0 saturated carbocycles. The molecule has 10 aromatic rings. The van der Waals surface area contributed by atoms with Gasteiger partial charge < -0.3 is 9.64 Å². The first-order valence-electron chi connectivity index (χ1n) is 20.0. The topological polar surface area (TPSA) is 12.5 Å². The molecular formula is C56H37NO. The zero-order valence-corrected chi connectivity index (χ0v) is 32.0. The van der Waals surface area contributed by atoms with Crippen molar-refractivity contribution in [1.82, 2.24) is 0 Å². The Morgan fingerprint density at radius 3 is 1.40 bits per heavy atom. The number of benzene rings is 10. The average molecular weight is 740 g/mol. The van der Waals surface area contributed by atoms with Gasteiger partial charge in [-0.3, -0.25) is 0 Å². The van der Waals surface area contributed by atoms with Gasteiger partial charge in [0.25, 0.3) is 0 Å². The largest absolute Gasteiger partial charge is 0.497 e. The molecular weight excluding hydrogens is 703 g/mol. The summed E-state index contributed by atoms with van der Waals surface area (Å²) in [5, 5.41) is 7.59. The summed E-state index contributed by atoms with van der Waals surface area (Å²) >= 11 is 0. The number of nitrogens with zero attached hydrogens (tertiary/aromatic N) is 1. The van der Waals surface area contributed by atoms with Crippen LogP contribution in [0.2, 0.25) is 0 Å². The average Bonchev–Trinajstić information content (AvgIpc) is 3.77. The monoisotopic (exact) mass is 739 g/mol. The van der Waals surface area contributed by atoms with E-state index in [9.17, 15) is 0 Å². The SMILES string of the molecule is COc1ccc(-c2ccc(N(c3ccc4c5ccccc5c5ccccc5c4c3)c3cccc4c3-c3ccccc3C43c4ccccc4-c4ccccc43)cc2)cc1. The van der Waals surface area contributed by atoms with Gasteiger partial charge in [0.05, 0.1) is 18.2 Å². The molecule has 10 aromatic carbocycles. The van der Waals surface area contributed by atoms with Gasteiger partial charge in [0.2, 0.25) is 0 Å². The van der Waals surface area contributed by atoms with E-state index in [0.29, 0.717) is 0 Å². The third kappa shape index (κ3) is 4.49. The Morgan fingerprint density at radius 2 is 0.810 bits per heavy atom. The van der Waals surface area contributed by atoms with E-state index in [1.54, 1.807) is 7.11 Å². The van der Waals surface area contributed by atoms with Crippen molar-refractivity contribution in [2.24, 2.45) is 0 Å². The summed E-state index contributed by atoms with van der Waals surface area (Å²) in [6, 6.07) is 76.2. The normalized spacial score (nSPS) is 13.1. The van der Waals surface area contributed by atoms with Crippen molar-refractivity contribution in [3.05, 3.63) is 229 Å². The van der Waals surface area contributed by atoms with Crippen LogP contribution in [0.25, 0.3) is 65.7 Å². The van der Waals surface area contributed by atoms with Crippen molar-refractivity contribution in [2.45, 2.75) is 5.41 Å². The van der Waals surface area contributed by atoms with Crippen molar-refractivity contribution in [3.8, 4) is 39.1 Å². The zero-order chi connectivity index (χ0) is 38.4. The van der Waals surface area contributed by atoms with E-state index in [2.05, 4.69) is 199 Å². The lowest BCUT2D eigenvalue weighted by molar-refractivity contribution is 0.415. The van der Waals surface area contributed by atoms with Crippen molar-refractivity contribution >= 4 is 49.4 Å². The van der Waals surface area contributed by atoms with Crippen molar-refractivity contribution in [3.63, 3.8) is 0 Å². The lowest BCUT2D eigenvalue weighted by Gasteiger charge is -2.32. The minimum Gasteiger partial charge on any atom is -0.497 e. The smallest absolute Gasteiger partial charge is 0.118 e. The molecule has 0 bridgehead atoms. The maximum Gasteiger partial charge on any atom is 0.118 e. The first-order chi connectivity index (χ1) is 28.7. The fraction of sp³-hybridized carbons (Fsp3) is 0.0357. The van der Waals surface area contributed by atoms with E-state index in [-0.39, 0.29) is 0 Å². The summed E-state index contributed by atoms with van der Waals surface area (Å²) < 4.78 is 5.46. The molecule has 0 N–H and O–H groups in total. The molecule has 2 aliphatic carbocycles. The van der Waals surface area contributed by atoms with Crippen molar-refractivity contribution in [1.29, 1.82) is 0 Å². The van der Waals surface area contributed by atoms with Crippen LogP contribution < -0.4 is 9.64 Å². The predicted octanol–water partition coefficient (Wildman–Crippen LogP) is 14.6. The summed E-state index contributed by atoms with van der Waals surface area (Å²) in [5.41, 5.74) is 15.8. The first-order valence-corrected chi connectivity index (χ1v) is 20.0. The van der Waals surface area contributed by atoms with E-state index in [4.69, 9.17) is 4.74 Å². The second kappa shape index (κ2) is 12.5. The van der Waals surface area contributed by atoms with Gasteiger partial charge in [-0.05, 0) is 125 Å². The number of hydrogen-bond acceptors (Lipinski definition) is 2. The Kier molecular flexibility index (Phi) is 7.09. The number of fused-ring (bicyclic) bond motifs is 16. The van der Waals surface area contributed by atoms with Crippen LogP contribution in [0.15, 0.2) is 206 Å². The maximum absolute atomic E-state index is 5.46. The quantitative estimate of drug-likeness (QED) is 0.163. The van der Waals surface area contributed by atoms with Crippen LogP contribution in [-0.4, -0.2) is 7.11 Å². The molecule has 58 heavy (non-hydrogen) atoms. The Morgan fingerprint density at radius 1 is 0.362 bits per heavy atom. The van der Waals surface area contributed by atoms with Crippen molar-refractivity contribution in [2.75, 3.05) is 12.0 Å². The standard InChI is InChI=1S/C56H37NO/c1-58-40-32-27-37(28-33-40)36-25-29-38(30-26-36)57(39-31-34-45-43-15-3-2-13-41(43)42-14-4-5-16-44(42)49(45)35-39)54-24-12-23-53-55(54)48-19-8-11-22-52(48)56(53)50-20-9-6-17-46(50)47-18-7-10-21-51(47)56/h2-35H,1H3. The molecule has 12 rings (SSSR count). The minimum atomic E-state index is -0.433. The van der Waals surface area contributed by atoms with E-state index < -0.39 is 5.41 Å². The van der Waals surface area contributed by atoms with E-state index >= 15 is 0 Å². The first kappa shape index (κ1) is 32.8. The minimum absolute atomic E-state index is 0.433. The maximum atomic E-state index is 5.46. The summed E-state index contributed by atoms with van der Waals surface area (Å²) in [4.78, 5) is 2.49. The molecule has 0 saturated heterocycles. The number of ether oxygens (including phenoxy) is 1. The van der Waals surface area contributed by atoms with Gasteiger partial charge in [0.1, 0.15) is 5.75 Å². The van der Waals surface area contributed by atoms with Crippen LogP contribution in [0.4, 0.5) is 17.1 Å². The molecule has 0 fully saturated rings. The fourth-order valence-corrected chi connectivity index (χ4v) is 10.4. The second-order valence-electron chi connectivity index (χ2n) is 15.5. The van der Waals surface area contributed by atoms with Crippen LogP contribution in [0.3, 0.4) is 0 Å². The molecule has 2 nitrogen and oxygen atoms in total. The van der Waals surface area contributed by atoms with Gasteiger partial charge in [0, 0.05) is 16.9 Å². The predicted molar refractivity (Wildman–Crippen MR) is 242 cm³/mol. The van der Waals surface area contributed by atoms with E-state index in [1.807, 2.05) is 12.1 Å². The molecule has 1 spiro atoms. The van der Waals surface area contributed by atoms with Crippen LogP contribution in [0, 0.1) is 0 Å². The third-order valence-electron chi connectivity index (χ3n) is 12.8. The third-order valence-corrected chi connectivity index (χ3v) is 12.8. The fourth-order valence-electron chi connectivity index (χ4n) is 10.4. The molecule has 0 radical (unpaired) electrons. The van der Waals surface area contributed by atoms with Crippen LogP contribution in [0.1, 0.15) is 22.3 Å². The highest BCUT2D eigenvalue weighted by Crippen LogP contribution is 2.64. The number of methoxy groups -OCH3 is 1. The summed E-state index contributed by atoms with van der Waals surface area (Å²) in [7, 11) is 1.71. The van der Waals surface area contributed by atoms with Crippen LogP contribution in [0.5, 0.6) is 5.75 Å². The highest BCUT2D eigenvalue weighted by Gasteiger charge is 2.52. The molecule has 0 atom stereocenters. The van der Waals surface area contributed by atoms with Gasteiger partial charge in [-0.25, -0.2) is 0 Å². The summed E-state index contributed by atoms with van der Waals surface area (Å²) in [6.45, 7) is 0. The highest BCUT2D eigenvalue weighted by molar-refractivity contribution is 6.26. The number of rotatable bonds is 5. The molecule has 0 aliphatic heterocycles. The Bertz CT molecular complexity index is 3190. The molecule has 272 valence electrons. The van der Waals surface area contributed by atoms with Gasteiger partial charge >= 0.3 is 0 Å². The Balaban J connectivity index is 1.14. The number of hydrogen-bond donors (Lipinski definition) is 0. The Hall–Kier alpha value is -7.42. The molecule has 0 aromatic heterocycles. The zero-order valence-electron chi connectivity index (χ0n) is 32.0. The van der Waals surface area contributed by atoms with Crippen molar-refractivity contribution < 1.29 is 4.74 Å². The lowest BCUT2D eigenvalue weighted by Crippen LogP contribution is -2.26. The van der Waals surface area contributed by atoms with Gasteiger partial charge in [-0.15, -0.1) is 0 Å². The molecule has 0 amide bonds. The summed E-state index contributed by atoms with van der Waals surface area (Å²) in [5.74, 6) is 0.853. The molecule has 2 aliphatic rings. The Labute approximate surface area is 337 Å². The molecule has 0 heterocycles. The molecule has 0 unspecified atom stereocenters. The highest BCUT2D eigenvalue weighted by atomic mass is 16.5. The van der Waals surface area contributed by atoms with Gasteiger partial charge in [-0.2, -0.15) is 0 Å². The van der Waals surface area contributed by atoms with Crippen LogP contribution >= 0.6 is 0 Å². The van der Waals surface area contributed by atoms with Crippen LogP contribution in [-0.2, 0) is 5.41 Å². The van der Waals surface area contributed by atoms with E-state index in [1.165, 1.54) is 76.8 Å². The summed E-state index contributed by atoms with van der Waals surface area (Å²) in [6.07, 6.45) is 0. The second-order valence-corrected chi connectivity index (χ2v) is 15.5. The van der Waals surface area contributed by atoms with E-state index in [0.717, 1.165) is 33.9 Å². The van der Waals surface area contributed by atoms with Gasteiger partial charge in [-0.1, -0.05) is 164 Å². The lowest BCUT2D eigenvalue weighted by atomic mass is 9.70. The van der Waals surface area contributed by atoms with Gasteiger partial charge in [0.15, 0.2) is 0 Å². The molecule has 2 heteroatoms.